The van der Waals surface area contributed by atoms with Crippen molar-refractivity contribution in [2.24, 2.45) is 0 Å². The van der Waals surface area contributed by atoms with Crippen molar-refractivity contribution >= 4 is 5.91 Å². The first-order valence-corrected chi connectivity index (χ1v) is 7.35. The normalized spacial score (nSPS) is 21.8. The molecule has 1 saturated heterocycles. The van der Waals surface area contributed by atoms with Gasteiger partial charge in [0.2, 0.25) is 0 Å². The van der Waals surface area contributed by atoms with Gasteiger partial charge in [-0.25, -0.2) is 0 Å². The number of morpholine rings is 1. The Morgan fingerprint density at radius 1 is 1.36 bits per heavy atom. The summed E-state index contributed by atoms with van der Waals surface area (Å²) in [6, 6.07) is 9.34. The number of carbonyl (C=O) groups excluding carboxylic acids is 1. The lowest BCUT2D eigenvalue weighted by Gasteiger charge is -2.37. The fourth-order valence-corrected chi connectivity index (χ4v) is 2.64. The lowest BCUT2D eigenvalue weighted by Crippen LogP contribution is -2.52. The van der Waals surface area contributed by atoms with E-state index in [4.69, 9.17) is 9.15 Å². The molecule has 0 radical (unpaired) electrons. The number of nitrogens with zero attached hydrogens (tertiary/aromatic N) is 1. The van der Waals surface area contributed by atoms with E-state index in [-0.39, 0.29) is 24.7 Å². The minimum atomic E-state index is -0.308. The summed E-state index contributed by atoms with van der Waals surface area (Å²) in [4.78, 5) is 14.5. The largest absolute Gasteiger partial charge is 0.472 e. The Kier molecular flexibility index (Phi) is 4.27. The van der Waals surface area contributed by atoms with E-state index >= 15 is 0 Å². The maximum absolute atomic E-state index is 12.8. The summed E-state index contributed by atoms with van der Waals surface area (Å²) < 4.78 is 10.6. The van der Waals surface area contributed by atoms with Crippen LogP contribution in [-0.4, -0.2) is 47.8 Å². The van der Waals surface area contributed by atoms with Crippen molar-refractivity contribution in [2.75, 3.05) is 19.8 Å². The molecular formula is C17H19NO4. The maximum atomic E-state index is 12.8. The molecule has 5 nitrogen and oxygen atoms in total. The first-order chi connectivity index (χ1) is 10.7. The Morgan fingerprint density at radius 3 is 2.95 bits per heavy atom. The van der Waals surface area contributed by atoms with E-state index in [1.807, 2.05) is 37.3 Å². The molecule has 1 N–H and O–H groups in total. The zero-order valence-electron chi connectivity index (χ0n) is 12.4. The minimum absolute atomic E-state index is 0.00659. The number of hydrogen-bond donors (Lipinski definition) is 1. The van der Waals surface area contributed by atoms with Crippen LogP contribution < -0.4 is 0 Å². The zero-order valence-corrected chi connectivity index (χ0v) is 12.4. The Bertz CT molecular complexity index is 638. The summed E-state index contributed by atoms with van der Waals surface area (Å²) in [5.41, 5.74) is 2.52. The Hall–Kier alpha value is -2.11. The fourth-order valence-electron chi connectivity index (χ4n) is 2.64. The SMILES string of the molecule is CC1COC(CO)CN1C(=O)c1cccc(-c2ccoc2)c1. The number of aliphatic hydroxyl groups is 1. The minimum Gasteiger partial charge on any atom is -0.472 e. The Balaban J connectivity index is 1.84. The van der Waals surface area contributed by atoms with Crippen LogP contribution in [0.2, 0.25) is 0 Å². The van der Waals surface area contributed by atoms with E-state index in [0.29, 0.717) is 18.7 Å². The number of ether oxygens (including phenoxy) is 1. The highest BCUT2D eigenvalue weighted by atomic mass is 16.5. The van der Waals surface area contributed by atoms with Gasteiger partial charge in [0, 0.05) is 17.7 Å². The van der Waals surface area contributed by atoms with Gasteiger partial charge in [-0.3, -0.25) is 4.79 Å². The third-order valence-corrected chi connectivity index (χ3v) is 3.93. The smallest absolute Gasteiger partial charge is 0.254 e. The van der Waals surface area contributed by atoms with Crippen molar-refractivity contribution in [1.82, 2.24) is 4.90 Å². The number of aliphatic hydroxyl groups excluding tert-OH is 1. The van der Waals surface area contributed by atoms with Crippen LogP contribution >= 0.6 is 0 Å². The molecule has 2 aromatic rings. The van der Waals surface area contributed by atoms with Crippen LogP contribution in [0.25, 0.3) is 11.1 Å². The number of carbonyl (C=O) groups is 1. The van der Waals surface area contributed by atoms with Crippen LogP contribution in [0.3, 0.4) is 0 Å². The van der Waals surface area contributed by atoms with E-state index in [0.717, 1.165) is 11.1 Å². The highest BCUT2D eigenvalue weighted by molar-refractivity contribution is 5.95. The third kappa shape index (κ3) is 2.91. The molecule has 5 heteroatoms. The molecule has 2 atom stereocenters. The van der Waals surface area contributed by atoms with Gasteiger partial charge in [0.05, 0.1) is 37.9 Å². The van der Waals surface area contributed by atoms with Crippen molar-refractivity contribution in [3.05, 3.63) is 48.4 Å². The second kappa shape index (κ2) is 6.34. The van der Waals surface area contributed by atoms with Crippen LogP contribution in [0.1, 0.15) is 17.3 Å². The highest BCUT2D eigenvalue weighted by Crippen LogP contribution is 2.22. The number of hydrogen-bond acceptors (Lipinski definition) is 4. The molecular weight excluding hydrogens is 282 g/mol. The van der Waals surface area contributed by atoms with Crippen molar-refractivity contribution in [3.8, 4) is 11.1 Å². The van der Waals surface area contributed by atoms with Crippen LogP contribution in [0.15, 0.2) is 47.3 Å². The molecule has 1 aromatic heterocycles. The van der Waals surface area contributed by atoms with Gasteiger partial charge in [-0.1, -0.05) is 12.1 Å². The lowest BCUT2D eigenvalue weighted by atomic mass is 10.0. The molecule has 2 heterocycles. The molecule has 0 bridgehead atoms. The van der Waals surface area contributed by atoms with Gasteiger partial charge in [0.25, 0.3) is 5.91 Å². The summed E-state index contributed by atoms with van der Waals surface area (Å²) in [5.74, 6) is -0.0420. The molecule has 1 fully saturated rings. The van der Waals surface area contributed by atoms with E-state index in [2.05, 4.69) is 0 Å². The van der Waals surface area contributed by atoms with Crippen LogP contribution in [0.4, 0.5) is 0 Å². The monoisotopic (exact) mass is 301 g/mol. The van der Waals surface area contributed by atoms with Crippen LogP contribution in [0, 0.1) is 0 Å². The lowest BCUT2D eigenvalue weighted by molar-refractivity contribution is -0.0667. The predicted octanol–water partition coefficient (Wildman–Crippen LogP) is 2.17. The number of rotatable bonds is 3. The number of benzene rings is 1. The van der Waals surface area contributed by atoms with Gasteiger partial charge < -0.3 is 19.2 Å². The Labute approximate surface area is 129 Å². The van der Waals surface area contributed by atoms with E-state index in [1.54, 1.807) is 17.4 Å². The Morgan fingerprint density at radius 2 is 2.23 bits per heavy atom. The molecule has 0 aliphatic carbocycles. The summed E-state index contributed by atoms with van der Waals surface area (Å²) in [5, 5.41) is 9.24. The van der Waals surface area contributed by atoms with Gasteiger partial charge in [-0.05, 0) is 30.7 Å². The van der Waals surface area contributed by atoms with Crippen molar-refractivity contribution < 1.29 is 19.1 Å². The van der Waals surface area contributed by atoms with Crippen LogP contribution in [-0.2, 0) is 4.74 Å². The second-order valence-corrected chi connectivity index (χ2v) is 5.54. The molecule has 0 saturated carbocycles. The molecule has 1 aliphatic rings. The van der Waals surface area contributed by atoms with Crippen LogP contribution in [0.5, 0.6) is 0 Å². The van der Waals surface area contributed by atoms with Gasteiger partial charge in [-0.2, -0.15) is 0 Å². The van der Waals surface area contributed by atoms with Crippen molar-refractivity contribution in [1.29, 1.82) is 0 Å². The first-order valence-electron chi connectivity index (χ1n) is 7.35. The number of amides is 1. The summed E-state index contributed by atoms with van der Waals surface area (Å²) in [6.45, 7) is 2.72. The fraction of sp³-hybridized carbons (Fsp3) is 0.353. The molecule has 3 rings (SSSR count). The highest BCUT2D eigenvalue weighted by Gasteiger charge is 2.29. The average molecular weight is 301 g/mol. The molecule has 22 heavy (non-hydrogen) atoms. The quantitative estimate of drug-likeness (QED) is 0.943. The second-order valence-electron chi connectivity index (χ2n) is 5.54. The molecule has 1 aliphatic heterocycles. The molecule has 116 valence electrons. The number of furan rings is 1. The van der Waals surface area contributed by atoms with Gasteiger partial charge in [0.1, 0.15) is 0 Å². The molecule has 2 unspecified atom stereocenters. The summed E-state index contributed by atoms with van der Waals surface area (Å²) in [6.07, 6.45) is 2.96. The zero-order chi connectivity index (χ0) is 15.5. The van der Waals surface area contributed by atoms with Gasteiger partial charge in [0.15, 0.2) is 0 Å². The maximum Gasteiger partial charge on any atom is 0.254 e. The van der Waals surface area contributed by atoms with Crippen molar-refractivity contribution in [2.45, 2.75) is 19.1 Å². The molecule has 1 aromatic carbocycles. The van der Waals surface area contributed by atoms with Gasteiger partial charge in [-0.15, -0.1) is 0 Å². The van der Waals surface area contributed by atoms with E-state index in [9.17, 15) is 9.90 Å². The van der Waals surface area contributed by atoms with Crippen molar-refractivity contribution in [3.63, 3.8) is 0 Å². The standard InChI is InChI=1S/C17H19NO4/c1-12-10-22-16(9-19)8-18(12)17(20)14-4-2-3-13(7-14)15-5-6-21-11-15/h2-7,11-12,16,19H,8-10H2,1H3. The molecule has 1 amide bonds. The van der Waals surface area contributed by atoms with E-state index in [1.165, 1.54) is 0 Å². The average Bonchev–Trinajstić information content (AvgIpc) is 3.09. The van der Waals surface area contributed by atoms with E-state index < -0.39 is 0 Å². The third-order valence-electron chi connectivity index (χ3n) is 3.93. The summed E-state index contributed by atoms with van der Waals surface area (Å²) in [7, 11) is 0. The summed E-state index contributed by atoms with van der Waals surface area (Å²) >= 11 is 0. The van der Waals surface area contributed by atoms with Gasteiger partial charge >= 0.3 is 0 Å². The molecule has 0 spiro atoms. The topological polar surface area (TPSA) is 62.9 Å². The predicted molar refractivity (Wildman–Crippen MR) is 81.5 cm³/mol. The first kappa shape index (κ1) is 14.8.